The van der Waals surface area contributed by atoms with Crippen molar-refractivity contribution in [3.63, 3.8) is 0 Å². The Balaban J connectivity index is 1.92. The summed E-state index contributed by atoms with van der Waals surface area (Å²) in [6.07, 6.45) is 5.15. The molecule has 0 bridgehead atoms. The van der Waals surface area contributed by atoms with Crippen molar-refractivity contribution in [2.45, 2.75) is 39.3 Å². The molecule has 2 unspecified atom stereocenters. The van der Waals surface area contributed by atoms with Crippen molar-refractivity contribution in [3.8, 4) is 0 Å². The molecule has 0 aliphatic heterocycles. The first kappa shape index (κ1) is 10.5. The Morgan fingerprint density at radius 2 is 2.47 bits per heavy atom. The molecule has 2 N–H and O–H groups in total. The van der Waals surface area contributed by atoms with Crippen LogP contribution in [0.5, 0.6) is 0 Å². The zero-order valence-electron chi connectivity index (χ0n) is 9.58. The number of anilines is 1. The molecule has 0 saturated heterocycles. The lowest BCUT2D eigenvalue weighted by atomic mass is 9.64. The minimum absolute atomic E-state index is 0.202. The quantitative estimate of drug-likeness (QED) is 0.797. The zero-order valence-corrected chi connectivity index (χ0v) is 9.58. The van der Waals surface area contributed by atoms with Gasteiger partial charge in [-0.05, 0) is 13.3 Å². The van der Waals surface area contributed by atoms with E-state index in [0.29, 0.717) is 12.1 Å². The summed E-state index contributed by atoms with van der Waals surface area (Å²) in [7, 11) is 0. The summed E-state index contributed by atoms with van der Waals surface area (Å²) in [5.41, 5.74) is 1.26. The average molecular weight is 209 g/mol. The van der Waals surface area contributed by atoms with Gasteiger partial charge in [0.25, 0.3) is 0 Å². The fourth-order valence-electron chi connectivity index (χ4n) is 2.15. The summed E-state index contributed by atoms with van der Waals surface area (Å²) in [4.78, 5) is 0. The molecule has 1 aliphatic carbocycles. The number of H-pyrrole nitrogens is 1. The molecular formula is C11H19N3O. The van der Waals surface area contributed by atoms with Gasteiger partial charge in [0.2, 0.25) is 0 Å². The predicted octanol–water partition coefficient (Wildman–Crippen LogP) is 2.03. The first-order valence-electron chi connectivity index (χ1n) is 5.51. The number of rotatable bonds is 4. The van der Waals surface area contributed by atoms with Crippen LogP contribution in [0.15, 0.2) is 12.4 Å². The standard InChI is InChI=1S/C11H19N3O/c1-4-15-10-5-9(11(10,2)3)14-8-6-12-13-7-8/h6-7,9-10,14H,4-5H2,1-3H3,(H,12,13). The molecule has 1 fully saturated rings. The van der Waals surface area contributed by atoms with Crippen LogP contribution in [-0.2, 0) is 4.74 Å². The smallest absolute Gasteiger partial charge is 0.0726 e. The molecule has 1 heterocycles. The van der Waals surface area contributed by atoms with Gasteiger partial charge in [0.15, 0.2) is 0 Å². The van der Waals surface area contributed by atoms with Crippen molar-refractivity contribution in [1.29, 1.82) is 0 Å². The minimum atomic E-state index is 0.202. The number of hydrogen-bond donors (Lipinski definition) is 2. The molecule has 4 nitrogen and oxygen atoms in total. The van der Waals surface area contributed by atoms with E-state index in [4.69, 9.17) is 4.74 Å². The second-order valence-corrected chi connectivity index (χ2v) is 4.68. The van der Waals surface area contributed by atoms with Crippen molar-refractivity contribution in [3.05, 3.63) is 12.4 Å². The topological polar surface area (TPSA) is 49.9 Å². The maximum absolute atomic E-state index is 5.68. The third-order valence-electron chi connectivity index (χ3n) is 3.38. The molecule has 0 aromatic carbocycles. The number of ether oxygens (including phenoxy) is 1. The summed E-state index contributed by atoms with van der Waals surface area (Å²) >= 11 is 0. The van der Waals surface area contributed by atoms with Crippen LogP contribution < -0.4 is 5.32 Å². The summed E-state index contributed by atoms with van der Waals surface area (Å²) < 4.78 is 5.68. The lowest BCUT2D eigenvalue weighted by Gasteiger charge is -2.51. The molecule has 2 atom stereocenters. The summed E-state index contributed by atoms with van der Waals surface area (Å²) in [5.74, 6) is 0. The Morgan fingerprint density at radius 3 is 3.00 bits per heavy atom. The van der Waals surface area contributed by atoms with E-state index in [2.05, 4.69) is 29.4 Å². The van der Waals surface area contributed by atoms with E-state index in [0.717, 1.165) is 18.7 Å². The van der Waals surface area contributed by atoms with Crippen molar-refractivity contribution in [2.75, 3.05) is 11.9 Å². The fourth-order valence-corrected chi connectivity index (χ4v) is 2.15. The summed E-state index contributed by atoms with van der Waals surface area (Å²) in [6, 6.07) is 0.478. The van der Waals surface area contributed by atoms with Gasteiger partial charge in [-0.25, -0.2) is 0 Å². The number of aromatic nitrogens is 2. The van der Waals surface area contributed by atoms with E-state index in [9.17, 15) is 0 Å². The number of hydrogen-bond acceptors (Lipinski definition) is 3. The van der Waals surface area contributed by atoms with Gasteiger partial charge in [-0.1, -0.05) is 13.8 Å². The van der Waals surface area contributed by atoms with Gasteiger partial charge in [0.1, 0.15) is 0 Å². The predicted molar refractivity (Wildman–Crippen MR) is 59.8 cm³/mol. The Labute approximate surface area is 90.4 Å². The van der Waals surface area contributed by atoms with Crippen LogP contribution >= 0.6 is 0 Å². The molecule has 2 rings (SSSR count). The zero-order chi connectivity index (χ0) is 10.9. The molecule has 84 valence electrons. The van der Waals surface area contributed by atoms with E-state index >= 15 is 0 Å². The second kappa shape index (κ2) is 3.85. The first-order chi connectivity index (χ1) is 7.14. The van der Waals surface area contributed by atoms with Gasteiger partial charge in [0.05, 0.1) is 18.0 Å². The third-order valence-corrected chi connectivity index (χ3v) is 3.38. The van der Waals surface area contributed by atoms with E-state index in [1.54, 1.807) is 0 Å². The highest BCUT2D eigenvalue weighted by Crippen LogP contribution is 2.44. The monoisotopic (exact) mass is 209 g/mol. The minimum Gasteiger partial charge on any atom is -0.379 e. The van der Waals surface area contributed by atoms with Crippen molar-refractivity contribution in [2.24, 2.45) is 5.41 Å². The van der Waals surface area contributed by atoms with E-state index in [-0.39, 0.29) is 5.41 Å². The Morgan fingerprint density at radius 1 is 1.67 bits per heavy atom. The molecule has 1 aromatic heterocycles. The highest BCUT2D eigenvalue weighted by molar-refractivity contribution is 5.40. The summed E-state index contributed by atoms with van der Waals surface area (Å²) in [6.45, 7) is 7.34. The normalized spacial score (nSPS) is 28.5. The molecule has 1 aliphatic rings. The van der Waals surface area contributed by atoms with Gasteiger partial charge in [-0.3, -0.25) is 5.10 Å². The second-order valence-electron chi connectivity index (χ2n) is 4.68. The Bertz CT molecular complexity index is 308. The van der Waals surface area contributed by atoms with Crippen LogP contribution in [0.2, 0.25) is 0 Å². The average Bonchev–Trinajstić information content (AvgIpc) is 2.69. The Hall–Kier alpha value is -1.03. The van der Waals surface area contributed by atoms with Crippen molar-refractivity contribution >= 4 is 5.69 Å². The molecule has 0 radical (unpaired) electrons. The van der Waals surface area contributed by atoms with E-state index in [1.807, 2.05) is 19.3 Å². The van der Waals surface area contributed by atoms with E-state index < -0.39 is 0 Å². The van der Waals surface area contributed by atoms with Gasteiger partial charge in [0, 0.05) is 24.3 Å². The van der Waals surface area contributed by atoms with Crippen LogP contribution in [0.1, 0.15) is 27.2 Å². The van der Waals surface area contributed by atoms with Crippen LogP contribution in [0, 0.1) is 5.41 Å². The lowest BCUT2D eigenvalue weighted by molar-refractivity contribution is -0.0975. The van der Waals surface area contributed by atoms with Crippen molar-refractivity contribution < 1.29 is 4.74 Å². The molecule has 15 heavy (non-hydrogen) atoms. The maximum atomic E-state index is 5.68. The SMILES string of the molecule is CCOC1CC(Nc2cn[nH]c2)C1(C)C. The first-order valence-corrected chi connectivity index (χ1v) is 5.51. The van der Waals surface area contributed by atoms with Crippen LogP contribution in [-0.4, -0.2) is 29.0 Å². The largest absolute Gasteiger partial charge is 0.379 e. The van der Waals surface area contributed by atoms with Gasteiger partial charge < -0.3 is 10.1 Å². The van der Waals surface area contributed by atoms with E-state index in [1.165, 1.54) is 0 Å². The lowest BCUT2D eigenvalue weighted by Crippen LogP contribution is -2.58. The van der Waals surface area contributed by atoms with Crippen LogP contribution in [0.25, 0.3) is 0 Å². The van der Waals surface area contributed by atoms with Gasteiger partial charge >= 0.3 is 0 Å². The molecule has 1 aromatic rings. The number of nitrogens with zero attached hydrogens (tertiary/aromatic N) is 1. The summed E-state index contributed by atoms with van der Waals surface area (Å²) in [5, 5.41) is 10.2. The van der Waals surface area contributed by atoms with Crippen molar-refractivity contribution in [1.82, 2.24) is 10.2 Å². The molecule has 4 heteroatoms. The fraction of sp³-hybridized carbons (Fsp3) is 0.727. The Kier molecular flexibility index (Phi) is 2.69. The number of nitrogens with one attached hydrogen (secondary N) is 2. The third kappa shape index (κ3) is 1.86. The maximum Gasteiger partial charge on any atom is 0.0726 e. The van der Waals surface area contributed by atoms with Gasteiger partial charge in [-0.15, -0.1) is 0 Å². The van der Waals surface area contributed by atoms with Gasteiger partial charge in [-0.2, -0.15) is 5.10 Å². The highest BCUT2D eigenvalue weighted by Gasteiger charge is 2.48. The molecule has 1 saturated carbocycles. The molecule has 0 amide bonds. The number of aromatic amines is 1. The molecule has 0 spiro atoms. The highest BCUT2D eigenvalue weighted by atomic mass is 16.5. The van der Waals surface area contributed by atoms with Crippen LogP contribution in [0.4, 0.5) is 5.69 Å². The van der Waals surface area contributed by atoms with Crippen LogP contribution in [0.3, 0.4) is 0 Å². The molecular weight excluding hydrogens is 190 g/mol.